The molecule has 1 nitrogen and oxygen atoms in total. The van der Waals surface area contributed by atoms with Gasteiger partial charge in [-0.1, -0.05) is 29.4 Å². The van der Waals surface area contributed by atoms with E-state index in [1.165, 1.54) is 6.07 Å². The molecule has 0 aromatic heterocycles. The maximum atomic E-state index is 13.1. The molecule has 18 heavy (non-hydrogen) atoms. The number of nitrogens with one attached hydrogen (secondary N) is 1. The first-order chi connectivity index (χ1) is 8.39. The van der Waals surface area contributed by atoms with Gasteiger partial charge in [-0.15, -0.1) is 0 Å². The van der Waals surface area contributed by atoms with Crippen molar-refractivity contribution in [1.29, 1.82) is 0 Å². The Morgan fingerprint density at radius 2 is 2.06 bits per heavy atom. The van der Waals surface area contributed by atoms with Crippen molar-refractivity contribution in [3.63, 3.8) is 0 Å². The fraction of sp³-hybridized carbons (Fsp3) is 0.455. The van der Waals surface area contributed by atoms with Crippen LogP contribution in [0.3, 0.4) is 0 Å². The average Bonchev–Trinajstić information content (AvgIpc) is 2.31. The van der Waals surface area contributed by atoms with E-state index in [1.54, 1.807) is 6.07 Å². The highest BCUT2D eigenvalue weighted by atomic mass is 35.5. The summed E-state index contributed by atoms with van der Waals surface area (Å²) in [5.74, 6) is 0. The van der Waals surface area contributed by atoms with E-state index in [0.717, 1.165) is 12.1 Å². The molecule has 2 rings (SSSR count). The fourth-order valence-corrected chi connectivity index (χ4v) is 2.98. The summed E-state index contributed by atoms with van der Waals surface area (Å²) in [4.78, 5) is 0.186. The summed E-state index contributed by atoms with van der Waals surface area (Å²) in [6.45, 7) is 1.18. The molecule has 0 aliphatic carbocycles. The molecule has 100 valence electrons. The molecule has 0 radical (unpaired) electrons. The summed E-state index contributed by atoms with van der Waals surface area (Å²) in [6, 6.07) is 3.31. The SMILES string of the molecule is FC(Sc1c(Cl)ccc2c1CNCC2)C(F)(F)F. The van der Waals surface area contributed by atoms with Crippen LogP contribution in [0.2, 0.25) is 5.02 Å². The lowest BCUT2D eigenvalue weighted by molar-refractivity contribution is -0.154. The van der Waals surface area contributed by atoms with Gasteiger partial charge in [-0.3, -0.25) is 0 Å². The summed E-state index contributed by atoms with van der Waals surface area (Å²) in [6.07, 6.45) is -4.16. The van der Waals surface area contributed by atoms with E-state index in [9.17, 15) is 17.6 Å². The highest BCUT2D eigenvalue weighted by molar-refractivity contribution is 8.00. The van der Waals surface area contributed by atoms with Gasteiger partial charge in [0, 0.05) is 11.4 Å². The highest BCUT2D eigenvalue weighted by Gasteiger charge is 2.41. The minimum atomic E-state index is -4.88. The Labute approximate surface area is 111 Å². The lowest BCUT2D eigenvalue weighted by Gasteiger charge is -2.22. The molecule has 1 atom stereocenters. The second kappa shape index (κ2) is 5.27. The van der Waals surface area contributed by atoms with Crippen LogP contribution in [-0.2, 0) is 13.0 Å². The van der Waals surface area contributed by atoms with E-state index in [-0.39, 0.29) is 21.7 Å². The molecule has 1 aromatic carbocycles. The zero-order chi connectivity index (χ0) is 13.3. The summed E-state index contributed by atoms with van der Waals surface area (Å²) in [7, 11) is 0. The molecule has 1 aliphatic heterocycles. The van der Waals surface area contributed by atoms with Crippen molar-refractivity contribution in [3.8, 4) is 0 Å². The monoisotopic (exact) mass is 299 g/mol. The normalized spacial score (nSPS) is 17.4. The third-order valence-corrected chi connectivity index (χ3v) is 4.26. The Kier molecular flexibility index (Phi) is 4.08. The van der Waals surface area contributed by atoms with E-state index in [4.69, 9.17) is 11.6 Å². The molecule has 1 aromatic rings. The van der Waals surface area contributed by atoms with Crippen LogP contribution >= 0.6 is 23.4 Å². The van der Waals surface area contributed by atoms with E-state index < -0.39 is 11.7 Å². The van der Waals surface area contributed by atoms with Crippen LogP contribution in [0, 0.1) is 0 Å². The lowest BCUT2D eigenvalue weighted by Crippen LogP contribution is -2.25. The topological polar surface area (TPSA) is 12.0 Å². The van der Waals surface area contributed by atoms with Gasteiger partial charge in [-0.25, -0.2) is 4.39 Å². The minimum Gasteiger partial charge on any atom is -0.312 e. The van der Waals surface area contributed by atoms with Gasteiger partial charge < -0.3 is 5.32 Å². The summed E-state index contributed by atoms with van der Waals surface area (Å²) < 4.78 is 49.8. The first-order valence-corrected chi connectivity index (χ1v) is 6.54. The van der Waals surface area contributed by atoms with Gasteiger partial charge in [0.15, 0.2) is 0 Å². The molecule has 1 aliphatic rings. The number of thioether (sulfide) groups is 1. The highest BCUT2D eigenvalue weighted by Crippen LogP contribution is 2.42. The zero-order valence-corrected chi connectivity index (χ0v) is 10.7. The fourth-order valence-electron chi connectivity index (χ4n) is 1.80. The van der Waals surface area contributed by atoms with Crippen molar-refractivity contribution in [2.75, 3.05) is 6.54 Å². The maximum absolute atomic E-state index is 13.1. The molecule has 0 fully saturated rings. The van der Waals surface area contributed by atoms with Crippen molar-refractivity contribution < 1.29 is 17.6 Å². The number of fused-ring (bicyclic) bond motifs is 1. The average molecular weight is 300 g/mol. The van der Waals surface area contributed by atoms with Crippen LogP contribution in [0.4, 0.5) is 17.6 Å². The summed E-state index contributed by atoms with van der Waals surface area (Å²) >= 11 is 6.00. The Balaban J connectivity index is 2.32. The van der Waals surface area contributed by atoms with Crippen molar-refractivity contribution >= 4 is 23.4 Å². The maximum Gasteiger partial charge on any atom is 0.429 e. The third kappa shape index (κ3) is 2.92. The van der Waals surface area contributed by atoms with Crippen LogP contribution < -0.4 is 5.32 Å². The smallest absolute Gasteiger partial charge is 0.312 e. The van der Waals surface area contributed by atoms with Gasteiger partial charge in [0.25, 0.3) is 0 Å². The van der Waals surface area contributed by atoms with Crippen molar-refractivity contribution in [3.05, 3.63) is 28.3 Å². The number of hydrogen-bond acceptors (Lipinski definition) is 2. The quantitative estimate of drug-likeness (QED) is 0.656. The molecule has 0 saturated heterocycles. The second-order valence-electron chi connectivity index (χ2n) is 3.92. The first-order valence-electron chi connectivity index (χ1n) is 5.28. The van der Waals surface area contributed by atoms with Gasteiger partial charge in [-0.2, -0.15) is 13.2 Å². The molecule has 1 heterocycles. The number of rotatable bonds is 2. The molecule has 1 unspecified atom stereocenters. The Morgan fingerprint density at radius 3 is 2.72 bits per heavy atom. The van der Waals surface area contributed by atoms with Crippen molar-refractivity contribution in [2.24, 2.45) is 0 Å². The predicted molar refractivity (Wildman–Crippen MR) is 63.7 cm³/mol. The minimum absolute atomic E-state index is 0.128. The molecule has 0 saturated carbocycles. The van der Waals surface area contributed by atoms with Crippen molar-refractivity contribution in [1.82, 2.24) is 5.32 Å². The molecule has 0 amide bonds. The largest absolute Gasteiger partial charge is 0.429 e. The standard InChI is InChI=1S/C11H10ClF4NS/c12-8-2-1-6-3-4-17-5-7(6)9(8)18-10(13)11(14,15)16/h1-2,10,17H,3-5H2. The van der Waals surface area contributed by atoms with E-state index >= 15 is 0 Å². The molecular weight excluding hydrogens is 290 g/mol. The first kappa shape index (κ1) is 14.0. The van der Waals surface area contributed by atoms with Crippen LogP contribution in [-0.4, -0.2) is 18.2 Å². The van der Waals surface area contributed by atoms with E-state index in [2.05, 4.69) is 5.32 Å². The van der Waals surface area contributed by atoms with Gasteiger partial charge >= 0.3 is 6.18 Å². The number of halogens is 5. The van der Waals surface area contributed by atoms with Gasteiger partial charge in [0.05, 0.1) is 5.02 Å². The Bertz CT molecular complexity index is 449. The molecular formula is C11H10ClF4NS. The number of benzene rings is 1. The van der Waals surface area contributed by atoms with E-state index in [0.29, 0.717) is 18.5 Å². The molecule has 1 N–H and O–H groups in total. The van der Waals surface area contributed by atoms with Crippen LogP contribution in [0.1, 0.15) is 11.1 Å². The molecule has 0 bridgehead atoms. The van der Waals surface area contributed by atoms with E-state index in [1.807, 2.05) is 0 Å². The molecule has 7 heteroatoms. The number of alkyl halides is 4. The molecule has 0 spiro atoms. The third-order valence-electron chi connectivity index (χ3n) is 2.66. The van der Waals surface area contributed by atoms with Gasteiger partial charge in [0.2, 0.25) is 5.50 Å². The van der Waals surface area contributed by atoms with Gasteiger partial charge in [0.1, 0.15) is 0 Å². The zero-order valence-electron chi connectivity index (χ0n) is 9.15. The summed E-state index contributed by atoms with van der Waals surface area (Å²) in [5, 5.41) is 3.21. The summed E-state index contributed by atoms with van der Waals surface area (Å²) in [5.41, 5.74) is -1.36. The second-order valence-corrected chi connectivity index (χ2v) is 5.38. The van der Waals surface area contributed by atoms with Crippen LogP contribution in [0.5, 0.6) is 0 Å². The Morgan fingerprint density at radius 1 is 1.33 bits per heavy atom. The van der Waals surface area contributed by atoms with Crippen LogP contribution in [0.25, 0.3) is 0 Å². The number of hydrogen-bond donors (Lipinski definition) is 1. The Hall–Kier alpha value is -0.460. The van der Waals surface area contributed by atoms with Crippen molar-refractivity contribution in [2.45, 2.75) is 29.5 Å². The predicted octanol–water partition coefficient (Wildman–Crippen LogP) is 3.94. The van der Waals surface area contributed by atoms with Crippen LogP contribution in [0.15, 0.2) is 17.0 Å². The van der Waals surface area contributed by atoms with Gasteiger partial charge in [-0.05, 0) is 30.2 Å². The lowest BCUT2D eigenvalue weighted by atomic mass is 10.0.